The highest BCUT2D eigenvalue weighted by Crippen LogP contribution is 2.37. The summed E-state index contributed by atoms with van der Waals surface area (Å²) >= 11 is 0. The van der Waals surface area contributed by atoms with Crippen molar-refractivity contribution in [1.82, 2.24) is 15.2 Å². The largest absolute Gasteiger partial charge is 0.493 e. The van der Waals surface area contributed by atoms with Crippen LogP contribution in [-0.2, 0) is 11.2 Å². The summed E-state index contributed by atoms with van der Waals surface area (Å²) in [7, 11) is 1.69. The Balaban J connectivity index is 1.41. The molecule has 4 heterocycles. The standard InChI is InChI=1S/C28H38N4O4/c1-3-21-5-6-26(36-21)25-18-23(30-20-7-9-29-10-8-20)22-17-27(33-2)28(19-24(22)31-25)35-14-4-11-32-12-15-34-16-13-32/h5-6,17-20,29H,3-4,7-16H2,1-2H3,(H,30,31). The van der Waals surface area contributed by atoms with Gasteiger partial charge in [0.2, 0.25) is 0 Å². The van der Waals surface area contributed by atoms with E-state index in [1.807, 2.05) is 24.3 Å². The maximum atomic E-state index is 6.21. The third-order valence-corrected chi connectivity index (χ3v) is 7.04. The van der Waals surface area contributed by atoms with Crippen LogP contribution in [0.15, 0.2) is 34.7 Å². The number of anilines is 1. The quantitative estimate of drug-likeness (QED) is 0.403. The Morgan fingerprint density at radius 3 is 2.69 bits per heavy atom. The lowest BCUT2D eigenvalue weighted by atomic mass is 10.0. The van der Waals surface area contributed by atoms with Crippen molar-refractivity contribution in [3.8, 4) is 23.0 Å². The van der Waals surface area contributed by atoms with E-state index in [1.165, 1.54) is 0 Å². The van der Waals surface area contributed by atoms with Gasteiger partial charge in [-0.05, 0) is 56.6 Å². The van der Waals surface area contributed by atoms with E-state index in [-0.39, 0.29) is 0 Å². The number of piperidine rings is 1. The molecule has 0 bridgehead atoms. The summed E-state index contributed by atoms with van der Waals surface area (Å²) in [5.41, 5.74) is 2.73. The molecule has 2 saturated heterocycles. The summed E-state index contributed by atoms with van der Waals surface area (Å²) in [6.45, 7) is 9.38. The van der Waals surface area contributed by atoms with E-state index in [4.69, 9.17) is 23.6 Å². The summed E-state index contributed by atoms with van der Waals surface area (Å²) in [4.78, 5) is 7.40. The Morgan fingerprint density at radius 1 is 1.11 bits per heavy atom. The number of ether oxygens (including phenoxy) is 3. The van der Waals surface area contributed by atoms with E-state index in [9.17, 15) is 0 Å². The number of nitrogens with one attached hydrogen (secondary N) is 2. The van der Waals surface area contributed by atoms with Gasteiger partial charge in [-0.2, -0.15) is 0 Å². The van der Waals surface area contributed by atoms with Crippen LogP contribution in [0.3, 0.4) is 0 Å². The highest BCUT2D eigenvalue weighted by molar-refractivity contribution is 5.95. The summed E-state index contributed by atoms with van der Waals surface area (Å²) in [6, 6.07) is 10.6. The van der Waals surface area contributed by atoms with Crippen molar-refractivity contribution in [2.45, 2.75) is 38.6 Å². The van der Waals surface area contributed by atoms with E-state index < -0.39 is 0 Å². The number of fused-ring (bicyclic) bond motifs is 1. The molecular formula is C28H38N4O4. The van der Waals surface area contributed by atoms with E-state index in [2.05, 4.69) is 28.5 Å². The third-order valence-electron chi connectivity index (χ3n) is 7.04. The van der Waals surface area contributed by atoms with Crippen LogP contribution in [0.25, 0.3) is 22.4 Å². The molecule has 2 N–H and O–H groups in total. The van der Waals surface area contributed by atoms with Crippen molar-refractivity contribution in [1.29, 1.82) is 0 Å². The Hall–Kier alpha value is -2.81. The van der Waals surface area contributed by atoms with Crippen LogP contribution in [0.4, 0.5) is 5.69 Å². The first-order valence-electron chi connectivity index (χ1n) is 13.3. The van der Waals surface area contributed by atoms with E-state index in [1.54, 1.807) is 7.11 Å². The van der Waals surface area contributed by atoms with E-state index in [0.717, 1.165) is 117 Å². The van der Waals surface area contributed by atoms with Gasteiger partial charge in [0.15, 0.2) is 17.3 Å². The Labute approximate surface area is 213 Å². The number of benzene rings is 1. The SMILES string of the molecule is CCc1ccc(-c2cc(NC3CCNCC3)c3cc(OC)c(OCCCN4CCOCC4)cc3n2)o1. The molecule has 8 heteroatoms. The number of hydrogen-bond acceptors (Lipinski definition) is 8. The van der Waals surface area contributed by atoms with Gasteiger partial charge in [-0.1, -0.05) is 6.92 Å². The van der Waals surface area contributed by atoms with Crippen LogP contribution in [0.1, 0.15) is 31.9 Å². The van der Waals surface area contributed by atoms with Gasteiger partial charge >= 0.3 is 0 Å². The van der Waals surface area contributed by atoms with Gasteiger partial charge in [0, 0.05) is 49.2 Å². The first-order chi connectivity index (χ1) is 17.7. The summed E-state index contributed by atoms with van der Waals surface area (Å²) < 4.78 is 23.4. The molecule has 8 nitrogen and oxygen atoms in total. The number of methoxy groups -OCH3 is 1. The van der Waals surface area contributed by atoms with Gasteiger partial charge in [-0.25, -0.2) is 4.98 Å². The molecule has 3 aromatic rings. The molecule has 0 unspecified atom stereocenters. The van der Waals surface area contributed by atoms with Crippen LogP contribution in [0, 0.1) is 0 Å². The lowest BCUT2D eigenvalue weighted by Gasteiger charge is -2.26. The van der Waals surface area contributed by atoms with Crippen LogP contribution in [0.5, 0.6) is 11.5 Å². The highest BCUT2D eigenvalue weighted by atomic mass is 16.5. The molecule has 1 aromatic carbocycles. The lowest BCUT2D eigenvalue weighted by Crippen LogP contribution is -2.37. The monoisotopic (exact) mass is 494 g/mol. The maximum absolute atomic E-state index is 6.21. The number of pyridine rings is 1. The molecule has 2 aromatic heterocycles. The first kappa shape index (κ1) is 24.9. The van der Waals surface area contributed by atoms with Crippen LogP contribution >= 0.6 is 0 Å². The lowest BCUT2D eigenvalue weighted by molar-refractivity contribution is 0.0357. The van der Waals surface area contributed by atoms with Gasteiger partial charge in [0.05, 0.1) is 32.4 Å². The average Bonchev–Trinajstić information content (AvgIpc) is 3.41. The minimum Gasteiger partial charge on any atom is -0.493 e. The molecule has 2 aliphatic rings. The number of furan rings is 1. The van der Waals surface area contributed by atoms with Gasteiger partial charge in [0.25, 0.3) is 0 Å². The minimum atomic E-state index is 0.412. The molecular weight excluding hydrogens is 456 g/mol. The third kappa shape index (κ3) is 5.94. The number of hydrogen-bond donors (Lipinski definition) is 2. The molecule has 0 aliphatic carbocycles. The molecule has 0 amide bonds. The molecule has 0 atom stereocenters. The first-order valence-corrected chi connectivity index (χ1v) is 13.3. The number of rotatable bonds is 10. The summed E-state index contributed by atoms with van der Waals surface area (Å²) in [6.07, 6.45) is 3.97. The zero-order chi connectivity index (χ0) is 24.7. The molecule has 0 radical (unpaired) electrons. The number of aryl methyl sites for hydroxylation is 1. The van der Waals surface area contributed by atoms with Gasteiger partial charge in [-0.3, -0.25) is 4.90 Å². The van der Waals surface area contributed by atoms with E-state index >= 15 is 0 Å². The normalized spacial score (nSPS) is 17.4. The summed E-state index contributed by atoms with van der Waals surface area (Å²) in [5.74, 6) is 3.19. The second-order valence-electron chi connectivity index (χ2n) is 9.52. The molecule has 2 aliphatic heterocycles. The van der Waals surface area contributed by atoms with Crippen molar-refractivity contribution in [2.75, 3.05) is 65.0 Å². The summed E-state index contributed by atoms with van der Waals surface area (Å²) in [5, 5.41) is 8.25. The second-order valence-corrected chi connectivity index (χ2v) is 9.52. The second kappa shape index (κ2) is 12.0. The molecule has 2 fully saturated rings. The van der Waals surface area contributed by atoms with Crippen LogP contribution in [0.2, 0.25) is 0 Å². The fourth-order valence-electron chi connectivity index (χ4n) is 4.94. The minimum absolute atomic E-state index is 0.412. The molecule has 5 rings (SSSR count). The van der Waals surface area contributed by atoms with Gasteiger partial charge < -0.3 is 29.3 Å². The number of morpholine rings is 1. The zero-order valence-electron chi connectivity index (χ0n) is 21.5. The highest BCUT2D eigenvalue weighted by Gasteiger charge is 2.19. The predicted octanol–water partition coefficient (Wildman–Crippen LogP) is 4.33. The Bertz CT molecular complexity index is 1140. The predicted molar refractivity (Wildman–Crippen MR) is 142 cm³/mol. The Morgan fingerprint density at radius 2 is 1.94 bits per heavy atom. The molecule has 0 spiro atoms. The maximum Gasteiger partial charge on any atom is 0.163 e. The molecule has 0 saturated carbocycles. The number of nitrogens with zero attached hydrogens (tertiary/aromatic N) is 2. The number of aromatic nitrogens is 1. The van der Waals surface area contributed by atoms with Crippen molar-refractivity contribution in [3.05, 3.63) is 36.1 Å². The molecule has 36 heavy (non-hydrogen) atoms. The van der Waals surface area contributed by atoms with Crippen molar-refractivity contribution in [3.63, 3.8) is 0 Å². The van der Waals surface area contributed by atoms with Crippen LogP contribution in [-0.4, -0.2) is 75.6 Å². The van der Waals surface area contributed by atoms with Crippen LogP contribution < -0.4 is 20.1 Å². The van der Waals surface area contributed by atoms with Gasteiger partial charge in [-0.15, -0.1) is 0 Å². The topological polar surface area (TPSA) is 81.0 Å². The average molecular weight is 495 g/mol. The molecule has 194 valence electrons. The smallest absolute Gasteiger partial charge is 0.163 e. The van der Waals surface area contributed by atoms with Crippen molar-refractivity contribution < 1.29 is 18.6 Å². The zero-order valence-corrected chi connectivity index (χ0v) is 21.5. The van der Waals surface area contributed by atoms with Gasteiger partial charge in [0.1, 0.15) is 11.5 Å². The fourth-order valence-corrected chi connectivity index (χ4v) is 4.94. The fraction of sp³-hybridized carbons (Fsp3) is 0.536. The van der Waals surface area contributed by atoms with Crippen molar-refractivity contribution >= 4 is 16.6 Å². The van der Waals surface area contributed by atoms with Crippen molar-refractivity contribution in [2.24, 2.45) is 0 Å². The Kier molecular flexibility index (Phi) is 8.25. The van der Waals surface area contributed by atoms with E-state index in [0.29, 0.717) is 12.6 Å².